The van der Waals surface area contributed by atoms with Gasteiger partial charge < -0.3 is 24.3 Å². The summed E-state index contributed by atoms with van der Waals surface area (Å²) < 4.78 is 22.1. The topological polar surface area (TPSA) is 69.3 Å². The Morgan fingerprint density at radius 1 is 1.11 bits per heavy atom. The van der Waals surface area contributed by atoms with Crippen molar-refractivity contribution in [1.29, 1.82) is 0 Å². The number of morpholine rings is 1. The molecule has 148 valence electrons. The van der Waals surface area contributed by atoms with E-state index in [0.29, 0.717) is 35.0 Å². The zero-order valence-electron chi connectivity index (χ0n) is 16.2. The van der Waals surface area contributed by atoms with E-state index in [-0.39, 0.29) is 11.9 Å². The van der Waals surface area contributed by atoms with E-state index < -0.39 is 0 Å². The van der Waals surface area contributed by atoms with E-state index in [1.54, 1.807) is 33.5 Å². The second-order valence-electron chi connectivity index (χ2n) is 7.64. The summed E-state index contributed by atoms with van der Waals surface area (Å²) in [6, 6.07) is 3.91. The maximum absolute atomic E-state index is 12.8. The minimum absolute atomic E-state index is 0.126. The molecule has 2 heterocycles. The van der Waals surface area contributed by atoms with Crippen LogP contribution in [0.3, 0.4) is 0 Å². The summed E-state index contributed by atoms with van der Waals surface area (Å²) in [5.41, 5.74) is 0.501. The first-order chi connectivity index (χ1) is 13.1. The number of rotatable bonds is 6. The average Bonchev–Trinajstić information content (AvgIpc) is 3.46. The molecule has 27 heavy (non-hydrogen) atoms. The number of fused-ring (bicyclic) bond motifs is 1. The molecular formula is C20H28N2O5. The summed E-state index contributed by atoms with van der Waals surface area (Å²) >= 11 is 0. The van der Waals surface area contributed by atoms with Gasteiger partial charge >= 0.3 is 0 Å². The van der Waals surface area contributed by atoms with Crippen LogP contribution in [0.2, 0.25) is 0 Å². The predicted octanol–water partition coefficient (Wildman–Crippen LogP) is 1.69. The Hall–Kier alpha value is -1.99. The van der Waals surface area contributed by atoms with E-state index in [4.69, 9.17) is 18.9 Å². The van der Waals surface area contributed by atoms with Crippen molar-refractivity contribution in [3.8, 4) is 17.2 Å². The van der Waals surface area contributed by atoms with Crippen molar-refractivity contribution in [3.63, 3.8) is 0 Å². The molecule has 3 atom stereocenters. The second-order valence-corrected chi connectivity index (χ2v) is 7.64. The Labute approximate surface area is 159 Å². The molecule has 1 N–H and O–H groups in total. The van der Waals surface area contributed by atoms with Gasteiger partial charge in [-0.25, -0.2) is 0 Å². The molecule has 2 saturated heterocycles. The van der Waals surface area contributed by atoms with E-state index in [9.17, 15) is 4.79 Å². The molecule has 0 unspecified atom stereocenters. The van der Waals surface area contributed by atoms with Crippen molar-refractivity contribution >= 4 is 5.91 Å². The zero-order valence-corrected chi connectivity index (χ0v) is 16.2. The first kappa shape index (κ1) is 18.4. The van der Waals surface area contributed by atoms with Crippen molar-refractivity contribution in [3.05, 3.63) is 17.7 Å². The van der Waals surface area contributed by atoms with Gasteiger partial charge in [-0.2, -0.15) is 0 Å². The summed E-state index contributed by atoms with van der Waals surface area (Å²) in [6.45, 7) is 2.65. The van der Waals surface area contributed by atoms with Gasteiger partial charge in [0, 0.05) is 30.7 Å². The molecule has 1 saturated carbocycles. The molecule has 2 aliphatic heterocycles. The van der Waals surface area contributed by atoms with Gasteiger partial charge in [-0.3, -0.25) is 9.69 Å². The lowest BCUT2D eigenvalue weighted by atomic mass is 10.1. The average molecular weight is 376 g/mol. The molecule has 0 aromatic heterocycles. The third kappa shape index (κ3) is 3.71. The Kier molecular flexibility index (Phi) is 5.14. The van der Waals surface area contributed by atoms with Crippen LogP contribution < -0.4 is 19.5 Å². The number of nitrogens with one attached hydrogen (secondary N) is 1. The minimum Gasteiger partial charge on any atom is -0.493 e. The fraction of sp³-hybridized carbons (Fsp3) is 0.650. The quantitative estimate of drug-likeness (QED) is 0.815. The summed E-state index contributed by atoms with van der Waals surface area (Å²) in [6.07, 6.45) is 3.90. The Morgan fingerprint density at radius 3 is 2.41 bits per heavy atom. The smallest absolute Gasteiger partial charge is 0.251 e. The van der Waals surface area contributed by atoms with E-state index in [2.05, 4.69) is 10.2 Å². The molecule has 1 amide bonds. The molecule has 0 radical (unpaired) electrons. The molecular weight excluding hydrogens is 348 g/mol. The third-order valence-corrected chi connectivity index (χ3v) is 5.85. The Bertz CT molecular complexity index is 681. The highest BCUT2D eigenvalue weighted by Crippen LogP contribution is 2.39. The SMILES string of the molecule is COc1cc(C(=O)N[C@H]2C[C@H]3CO[C@@H](C4CC4)CN3C2)cc(OC)c1OC. The van der Waals surface area contributed by atoms with Gasteiger partial charge in [0.1, 0.15) is 0 Å². The van der Waals surface area contributed by atoms with Crippen LogP contribution in [0, 0.1) is 5.92 Å². The molecule has 1 aromatic rings. The molecule has 1 aliphatic carbocycles. The first-order valence-electron chi connectivity index (χ1n) is 9.59. The molecule has 3 aliphatic rings. The number of benzene rings is 1. The zero-order chi connectivity index (χ0) is 19.0. The number of carbonyl (C=O) groups excluding carboxylic acids is 1. The normalized spacial score (nSPS) is 27.7. The molecule has 3 fully saturated rings. The maximum Gasteiger partial charge on any atom is 0.251 e. The first-order valence-corrected chi connectivity index (χ1v) is 9.59. The van der Waals surface area contributed by atoms with E-state index in [1.807, 2.05) is 0 Å². The van der Waals surface area contributed by atoms with Gasteiger partial charge in [-0.15, -0.1) is 0 Å². The lowest BCUT2D eigenvalue weighted by molar-refractivity contribution is -0.0581. The molecule has 4 rings (SSSR count). The Morgan fingerprint density at radius 2 is 1.81 bits per heavy atom. The number of hydrogen-bond donors (Lipinski definition) is 1. The van der Waals surface area contributed by atoms with Crippen LogP contribution in [0.1, 0.15) is 29.6 Å². The number of nitrogens with zero attached hydrogens (tertiary/aromatic N) is 1. The van der Waals surface area contributed by atoms with Crippen molar-refractivity contribution in [2.45, 2.75) is 37.5 Å². The highest BCUT2D eigenvalue weighted by molar-refractivity contribution is 5.95. The number of carbonyl (C=O) groups is 1. The number of hydrogen-bond acceptors (Lipinski definition) is 6. The van der Waals surface area contributed by atoms with Crippen LogP contribution in [-0.4, -0.2) is 70.0 Å². The number of amides is 1. The fourth-order valence-electron chi connectivity index (χ4n) is 4.24. The van der Waals surface area contributed by atoms with E-state index in [0.717, 1.165) is 32.0 Å². The van der Waals surface area contributed by atoms with Gasteiger partial charge in [-0.1, -0.05) is 0 Å². The van der Waals surface area contributed by atoms with E-state index >= 15 is 0 Å². The van der Waals surface area contributed by atoms with Crippen LogP contribution in [0.4, 0.5) is 0 Å². The van der Waals surface area contributed by atoms with Crippen molar-refractivity contribution in [1.82, 2.24) is 10.2 Å². The summed E-state index contributed by atoms with van der Waals surface area (Å²) in [4.78, 5) is 15.3. The van der Waals surface area contributed by atoms with Crippen molar-refractivity contribution in [2.75, 3.05) is 41.0 Å². The van der Waals surface area contributed by atoms with Crippen LogP contribution >= 0.6 is 0 Å². The molecule has 0 bridgehead atoms. The number of ether oxygens (including phenoxy) is 4. The standard InChI is InChI=1S/C20H28N2O5/c1-24-16-6-13(7-17(25-2)19(16)26-3)20(23)21-14-8-15-11-27-18(12-4-5-12)10-22(15)9-14/h6-7,12,14-15,18H,4-5,8-11H2,1-3H3,(H,21,23)/t14-,15-,18+/m0/s1. The minimum atomic E-state index is -0.126. The highest BCUT2D eigenvalue weighted by atomic mass is 16.5. The van der Waals surface area contributed by atoms with E-state index in [1.165, 1.54) is 12.8 Å². The highest BCUT2D eigenvalue weighted by Gasteiger charge is 2.42. The van der Waals surface area contributed by atoms with Crippen molar-refractivity contribution in [2.24, 2.45) is 5.92 Å². The molecule has 1 aromatic carbocycles. The van der Waals surface area contributed by atoms with Gasteiger partial charge in [0.15, 0.2) is 11.5 Å². The summed E-state index contributed by atoms with van der Waals surface area (Å²) in [5.74, 6) is 2.06. The third-order valence-electron chi connectivity index (χ3n) is 5.85. The maximum atomic E-state index is 12.8. The summed E-state index contributed by atoms with van der Waals surface area (Å²) in [5, 5.41) is 3.16. The molecule has 7 nitrogen and oxygen atoms in total. The monoisotopic (exact) mass is 376 g/mol. The second kappa shape index (κ2) is 7.56. The largest absolute Gasteiger partial charge is 0.493 e. The van der Waals surface area contributed by atoms with Gasteiger partial charge in [0.05, 0.1) is 34.0 Å². The van der Waals surface area contributed by atoms with Crippen molar-refractivity contribution < 1.29 is 23.7 Å². The van der Waals surface area contributed by atoms with Crippen LogP contribution in [-0.2, 0) is 4.74 Å². The van der Waals surface area contributed by atoms with Crippen LogP contribution in [0.25, 0.3) is 0 Å². The van der Waals surface area contributed by atoms with Crippen LogP contribution in [0.5, 0.6) is 17.2 Å². The van der Waals surface area contributed by atoms with Gasteiger partial charge in [0.25, 0.3) is 5.91 Å². The Balaban J connectivity index is 1.42. The van der Waals surface area contributed by atoms with Gasteiger partial charge in [-0.05, 0) is 37.3 Å². The fourth-order valence-corrected chi connectivity index (χ4v) is 4.24. The summed E-state index contributed by atoms with van der Waals surface area (Å²) in [7, 11) is 4.64. The lowest BCUT2D eigenvalue weighted by Gasteiger charge is -2.35. The predicted molar refractivity (Wildman–Crippen MR) is 99.8 cm³/mol. The van der Waals surface area contributed by atoms with Gasteiger partial charge in [0.2, 0.25) is 5.75 Å². The van der Waals surface area contributed by atoms with Crippen LogP contribution in [0.15, 0.2) is 12.1 Å². The molecule has 7 heteroatoms. The molecule has 0 spiro atoms. The lowest BCUT2D eigenvalue weighted by Crippen LogP contribution is -2.47. The number of methoxy groups -OCH3 is 3.